The van der Waals surface area contributed by atoms with Crippen LogP contribution in [0.4, 0.5) is 0 Å². The van der Waals surface area contributed by atoms with Crippen molar-refractivity contribution in [3.63, 3.8) is 0 Å². The number of hydrogen-bond acceptors (Lipinski definition) is 4. The number of hydrogen-bond donors (Lipinski definition) is 2. The molecular formula is C26H35N3O2S. The minimum Gasteiger partial charge on any atom is -0.493 e. The molecule has 0 aliphatic carbocycles. The van der Waals surface area contributed by atoms with Gasteiger partial charge < -0.3 is 10.1 Å². The van der Waals surface area contributed by atoms with E-state index in [2.05, 4.69) is 46.7 Å². The van der Waals surface area contributed by atoms with Crippen LogP contribution in [-0.4, -0.2) is 41.7 Å². The first-order chi connectivity index (χ1) is 15.7. The van der Waals surface area contributed by atoms with Gasteiger partial charge in [0.15, 0.2) is 5.11 Å². The highest BCUT2D eigenvalue weighted by Crippen LogP contribution is 2.19. The average Bonchev–Trinajstić information content (AvgIpc) is 2.81. The molecule has 1 saturated heterocycles. The topological polar surface area (TPSA) is 53.6 Å². The molecule has 0 unspecified atom stereocenters. The molecule has 1 aliphatic heterocycles. The number of para-hydroxylation sites is 1. The predicted molar refractivity (Wildman–Crippen MR) is 134 cm³/mol. The van der Waals surface area contributed by atoms with Crippen LogP contribution in [0.2, 0.25) is 0 Å². The van der Waals surface area contributed by atoms with Gasteiger partial charge in [-0.1, -0.05) is 68.7 Å². The molecule has 0 radical (unpaired) electrons. The standard InChI is InChI=1S/C26H35N3O2S/c1-2-3-4-10-19-31-24-14-9-8-13-23(24)25(30)28-26(32)27-22-15-17-29(18-16-22)20-21-11-6-5-7-12-21/h5-9,11-14,22H,2-4,10,15-20H2,1H3,(H2,27,28,30,32). The van der Waals surface area contributed by atoms with Crippen molar-refractivity contribution < 1.29 is 9.53 Å². The third kappa shape index (κ3) is 7.92. The van der Waals surface area contributed by atoms with Gasteiger partial charge >= 0.3 is 0 Å². The molecule has 5 nitrogen and oxygen atoms in total. The van der Waals surface area contributed by atoms with Gasteiger partial charge in [-0.15, -0.1) is 0 Å². The van der Waals surface area contributed by atoms with E-state index in [-0.39, 0.29) is 11.9 Å². The number of nitrogens with zero attached hydrogens (tertiary/aromatic N) is 1. The van der Waals surface area contributed by atoms with Crippen LogP contribution in [0.3, 0.4) is 0 Å². The maximum Gasteiger partial charge on any atom is 0.261 e. The Labute approximate surface area is 197 Å². The highest BCUT2D eigenvalue weighted by Gasteiger charge is 2.21. The van der Waals surface area contributed by atoms with Crippen molar-refractivity contribution in [1.82, 2.24) is 15.5 Å². The van der Waals surface area contributed by atoms with E-state index in [0.29, 0.717) is 23.0 Å². The summed E-state index contributed by atoms with van der Waals surface area (Å²) in [7, 11) is 0. The largest absolute Gasteiger partial charge is 0.493 e. The van der Waals surface area contributed by atoms with E-state index < -0.39 is 0 Å². The average molecular weight is 454 g/mol. The lowest BCUT2D eigenvalue weighted by Gasteiger charge is -2.32. The second-order valence-electron chi connectivity index (χ2n) is 8.37. The molecule has 1 amide bonds. The van der Waals surface area contributed by atoms with E-state index in [1.165, 1.54) is 18.4 Å². The van der Waals surface area contributed by atoms with Crippen molar-refractivity contribution in [2.75, 3.05) is 19.7 Å². The van der Waals surface area contributed by atoms with Crippen LogP contribution in [0.25, 0.3) is 0 Å². The molecule has 0 aromatic heterocycles. The number of carbonyl (C=O) groups excluding carboxylic acids is 1. The van der Waals surface area contributed by atoms with Crippen LogP contribution < -0.4 is 15.4 Å². The third-order valence-corrected chi connectivity index (χ3v) is 6.01. The molecule has 2 aromatic carbocycles. The zero-order chi connectivity index (χ0) is 22.6. The summed E-state index contributed by atoms with van der Waals surface area (Å²) in [5.41, 5.74) is 1.86. The summed E-state index contributed by atoms with van der Waals surface area (Å²) in [6, 6.07) is 18.2. The number of nitrogens with one attached hydrogen (secondary N) is 2. The Hall–Kier alpha value is -2.44. The van der Waals surface area contributed by atoms with Crippen LogP contribution in [0.1, 0.15) is 61.4 Å². The highest BCUT2D eigenvalue weighted by molar-refractivity contribution is 7.80. The number of thiocarbonyl (C=S) groups is 1. The first kappa shape index (κ1) is 24.2. The van der Waals surface area contributed by atoms with E-state index in [4.69, 9.17) is 17.0 Å². The molecule has 0 saturated carbocycles. The Kier molecular flexibility index (Phi) is 9.98. The second kappa shape index (κ2) is 13.2. The number of rotatable bonds is 10. The summed E-state index contributed by atoms with van der Waals surface area (Å²) >= 11 is 5.43. The molecule has 2 N–H and O–H groups in total. The maximum atomic E-state index is 12.8. The molecule has 1 fully saturated rings. The Morgan fingerprint density at radius 1 is 1.03 bits per heavy atom. The summed E-state index contributed by atoms with van der Waals surface area (Å²) in [6.45, 7) is 5.81. The van der Waals surface area contributed by atoms with Crippen LogP contribution in [0.15, 0.2) is 54.6 Å². The molecule has 2 aromatic rings. The lowest BCUT2D eigenvalue weighted by molar-refractivity contribution is 0.0972. The van der Waals surface area contributed by atoms with E-state index in [9.17, 15) is 4.79 Å². The summed E-state index contributed by atoms with van der Waals surface area (Å²) in [6.07, 6.45) is 6.53. The summed E-state index contributed by atoms with van der Waals surface area (Å²) < 4.78 is 5.87. The van der Waals surface area contributed by atoms with Crippen LogP contribution >= 0.6 is 12.2 Å². The zero-order valence-electron chi connectivity index (χ0n) is 19.0. The molecular weight excluding hydrogens is 418 g/mol. The molecule has 1 heterocycles. The van der Waals surface area contributed by atoms with Crippen LogP contribution in [0, 0.1) is 0 Å². The molecule has 172 valence electrons. The summed E-state index contributed by atoms with van der Waals surface area (Å²) in [5.74, 6) is 0.381. The van der Waals surface area contributed by atoms with Gasteiger partial charge in [0.05, 0.1) is 12.2 Å². The van der Waals surface area contributed by atoms with E-state index in [0.717, 1.165) is 45.3 Å². The predicted octanol–water partition coefficient (Wildman–Crippen LogP) is 4.91. The number of unbranched alkanes of at least 4 members (excludes halogenated alkanes) is 3. The van der Waals surface area contributed by atoms with Crippen molar-refractivity contribution in [1.29, 1.82) is 0 Å². The third-order valence-electron chi connectivity index (χ3n) is 5.79. The molecule has 3 rings (SSSR count). The number of carbonyl (C=O) groups is 1. The minimum atomic E-state index is -0.229. The van der Waals surface area contributed by atoms with Gasteiger partial charge in [0.2, 0.25) is 0 Å². The van der Waals surface area contributed by atoms with Crippen LogP contribution in [0.5, 0.6) is 5.75 Å². The van der Waals surface area contributed by atoms with Crippen molar-refractivity contribution in [3.8, 4) is 5.75 Å². The fourth-order valence-corrected chi connectivity index (χ4v) is 4.22. The number of benzene rings is 2. The SMILES string of the molecule is CCCCCCOc1ccccc1C(=O)NC(=S)NC1CCN(Cc2ccccc2)CC1. The van der Waals surface area contributed by atoms with E-state index in [1.54, 1.807) is 6.07 Å². The lowest BCUT2D eigenvalue weighted by Crippen LogP contribution is -2.48. The first-order valence-electron chi connectivity index (χ1n) is 11.8. The van der Waals surface area contributed by atoms with Gasteiger partial charge in [0.1, 0.15) is 5.75 Å². The van der Waals surface area contributed by atoms with Gasteiger partial charge in [-0.05, 0) is 49.2 Å². The van der Waals surface area contributed by atoms with Crippen molar-refractivity contribution >= 4 is 23.2 Å². The molecule has 1 aliphatic rings. The van der Waals surface area contributed by atoms with Crippen molar-refractivity contribution in [2.24, 2.45) is 0 Å². The minimum absolute atomic E-state index is 0.229. The van der Waals surface area contributed by atoms with Crippen LogP contribution in [-0.2, 0) is 6.54 Å². The van der Waals surface area contributed by atoms with Gasteiger partial charge in [0, 0.05) is 25.7 Å². The monoisotopic (exact) mass is 453 g/mol. The lowest BCUT2D eigenvalue weighted by atomic mass is 10.0. The maximum absolute atomic E-state index is 12.8. The van der Waals surface area contributed by atoms with Gasteiger partial charge in [-0.3, -0.25) is 15.0 Å². The molecule has 32 heavy (non-hydrogen) atoms. The van der Waals surface area contributed by atoms with E-state index >= 15 is 0 Å². The fraction of sp³-hybridized carbons (Fsp3) is 0.462. The van der Waals surface area contributed by atoms with E-state index in [1.807, 2.05) is 24.3 Å². The summed E-state index contributed by atoms with van der Waals surface area (Å²) in [4.78, 5) is 15.2. The number of likely N-dealkylation sites (tertiary alicyclic amines) is 1. The van der Waals surface area contributed by atoms with Gasteiger partial charge in [0.25, 0.3) is 5.91 Å². The Bertz CT molecular complexity index is 851. The Morgan fingerprint density at radius 2 is 1.75 bits per heavy atom. The quantitative estimate of drug-likeness (QED) is 0.395. The molecule has 0 spiro atoms. The highest BCUT2D eigenvalue weighted by atomic mass is 32.1. The first-order valence-corrected chi connectivity index (χ1v) is 12.2. The number of piperidine rings is 1. The molecule has 6 heteroatoms. The smallest absolute Gasteiger partial charge is 0.261 e. The van der Waals surface area contributed by atoms with Crippen molar-refractivity contribution in [2.45, 2.75) is 58.0 Å². The molecule has 0 bridgehead atoms. The van der Waals surface area contributed by atoms with Gasteiger partial charge in [-0.2, -0.15) is 0 Å². The molecule has 0 atom stereocenters. The summed E-state index contributed by atoms with van der Waals surface area (Å²) in [5, 5.41) is 6.54. The van der Waals surface area contributed by atoms with Gasteiger partial charge in [-0.25, -0.2) is 0 Å². The normalized spacial score (nSPS) is 14.7. The second-order valence-corrected chi connectivity index (χ2v) is 8.78. The fourth-order valence-electron chi connectivity index (χ4n) is 3.96. The zero-order valence-corrected chi connectivity index (χ0v) is 19.8. The number of amides is 1. The Morgan fingerprint density at radius 3 is 2.50 bits per heavy atom. The Balaban J connectivity index is 1.42. The number of ether oxygens (including phenoxy) is 1. The van der Waals surface area contributed by atoms with Crippen molar-refractivity contribution in [3.05, 3.63) is 65.7 Å².